The first kappa shape index (κ1) is 14.2. The molecular formula is C15H16FN3OS. The van der Waals surface area contributed by atoms with Crippen LogP contribution in [0.1, 0.15) is 22.6 Å². The molecule has 0 unspecified atom stereocenters. The van der Waals surface area contributed by atoms with E-state index >= 15 is 0 Å². The van der Waals surface area contributed by atoms with Gasteiger partial charge in [-0.2, -0.15) is 0 Å². The van der Waals surface area contributed by atoms with Gasteiger partial charge in [0.2, 0.25) is 5.91 Å². The van der Waals surface area contributed by atoms with E-state index in [1.807, 2.05) is 0 Å². The lowest BCUT2D eigenvalue weighted by Crippen LogP contribution is -2.27. The lowest BCUT2D eigenvalue weighted by molar-refractivity contribution is -0.115. The summed E-state index contributed by atoms with van der Waals surface area (Å²) in [5, 5.41) is 3.44. The largest absolute Gasteiger partial charge is 0.327 e. The van der Waals surface area contributed by atoms with E-state index in [-0.39, 0.29) is 24.2 Å². The molecule has 0 saturated carbocycles. The Morgan fingerprint density at radius 3 is 2.95 bits per heavy atom. The average Bonchev–Trinajstić information content (AvgIpc) is 2.82. The number of benzene rings is 1. The van der Waals surface area contributed by atoms with Gasteiger partial charge in [-0.1, -0.05) is 12.1 Å². The second-order valence-corrected chi connectivity index (χ2v) is 6.33. The van der Waals surface area contributed by atoms with Gasteiger partial charge in [0, 0.05) is 10.9 Å². The first-order valence-corrected chi connectivity index (χ1v) is 7.70. The molecule has 1 atom stereocenters. The fourth-order valence-electron chi connectivity index (χ4n) is 2.41. The summed E-state index contributed by atoms with van der Waals surface area (Å²) < 4.78 is 12.8. The lowest BCUT2D eigenvalue weighted by atomic mass is 9.99. The second kappa shape index (κ2) is 5.91. The molecule has 0 bridgehead atoms. The second-order valence-electron chi connectivity index (χ2n) is 5.24. The number of halogens is 1. The average molecular weight is 305 g/mol. The van der Waals surface area contributed by atoms with Crippen LogP contribution in [0, 0.1) is 5.82 Å². The fraction of sp³-hybridized carbons (Fsp3) is 0.333. The summed E-state index contributed by atoms with van der Waals surface area (Å²) in [7, 11) is 0. The number of hydrogen-bond donors (Lipinski definition) is 2. The van der Waals surface area contributed by atoms with E-state index in [2.05, 4.69) is 10.3 Å². The van der Waals surface area contributed by atoms with Crippen molar-refractivity contribution in [3.8, 4) is 0 Å². The van der Waals surface area contributed by atoms with Crippen molar-refractivity contribution >= 4 is 22.4 Å². The number of aromatic nitrogens is 1. The van der Waals surface area contributed by atoms with Crippen LogP contribution in [0.25, 0.3) is 0 Å². The Hall–Kier alpha value is -1.79. The summed E-state index contributed by atoms with van der Waals surface area (Å²) in [6.07, 6.45) is 2.87. The molecule has 1 aliphatic carbocycles. The molecule has 1 aromatic carbocycles. The van der Waals surface area contributed by atoms with Crippen LogP contribution in [0.2, 0.25) is 0 Å². The third-order valence-corrected chi connectivity index (χ3v) is 4.54. The molecule has 3 rings (SSSR count). The van der Waals surface area contributed by atoms with Crippen LogP contribution in [0.15, 0.2) is 24.3 Å². The summed E-state index contributed by atoms with van der Waals surface area (Å²) in [4.78, 5) is 17.6. The van der Waals surface area contributed by atoms with Crippen LogP contribution < -0.4 is 11.1 Å². The zero-order valence-corrected chi connectivity index (χ0v) is 12.3. The van der Waals surface area contributed by atoms with Gasteiger partial charge in [0.15, 0.2) is 5.13 Å². The highest BCUT2D eigenvalue weighted by molar-refractivity contribution is 7.15. The number of nitrogens with two attached hydrogens (primary N) is 1. The van der Waals surface area contributed by atoms with Crippen LogP contribution >= 0.6 is 11.3 Å². The topological polar surface area (TPSA) is 68.0 Å². The number of carbonyl (C=O) groups excluding carboxylic acids is 1. The zero-order chi connectivity index (χ0) is 14.8. The molecule has 6 heteroatoms. The van der Waals surface area contributed by atoms with E-state index in [9.17, 15) is 9.18 Å². The number of anilines is 1. The molecule has 1 amide bonds. The molecule has 0 spiro atoms. The summed E-state index contributed by atoms with van der Waals surface area (Å²) in [5.74, 6) is -0.444. The van der Waals surface area contributed by atoms with Crippen molar-refractivity contribution in [2.45, 2.75) is 31.7 Å². The minimum Gasteiger partial charge on any atom is -0.327 e. The SMILES string of the molecule is N[C@H]1CCc2nc(NC(=O)Cc3ccc(F)cc3)sc2C1. The van der Waals surface area contributed by atoms with Crippen LogP contribution in [0.5, 0.6) is 0 Å². The van der Waals surface area contributed by atoms with Gasteiger partial charge in [-0.25, -0.2) is 9.37 Å². The van der Waals surface area contributed by atoms with Crippen molar-refractivity contribution < 1.29 is 9.18 Å². The number of nitrogens with one attached hydrogen (secondary N) is 1. The molecule has 4 nitrogen and oxygen atoms in total. The highest BCUT2D eigenvalue weighted by Crippen LogP contribution is 2.29. The molecule has 1 aliphatic rings. The van der Waals surface area contributed by atoms with Gasteiger partial charge < -0.3 is 11.1 Å². The molecule has 0 aliphatic heterocycles. The van der Waals surface area contributed by atoms with Crippen LogP contribution in [-0.4, -0.2) is 16.9 Å². The van der Waals surface area contributed by atoms with E-state index in [4.69, 9.17) is 5.73 Å². The number of amides is 1. The Labute approximate surface area is 126 Å². The molecule has 2 aromatic rings. The first-order valence-electron chi connectivity index (χ1n) is 6.88. The number of aryl methyl sites for hydroxylation is 1. The summed E-state index contributed by atoms with van der Waals surface area (Å²) in [6, 6.07) is 6.13. The molecule has 21 heavy (non-hydrogen) atoms. The minimum absolute atomic E-state index is 0.142. The quantitative estimate of drug-likeness (QED) is 0.914. The first-order chi connectivity index (χ1) is 10.1. The molecule has 1 heterocycles. The van der Waals surface area contributed by atoms with Crippen molar-refractivity contribution in [3.63, 3.8) is 0 Å². The number of fused-ring (bicyclic) bond motifs is 1. The Bertz CT molecular complexity index is 653. The van der Waals surface area contributed by atoms with E-state index < -0.39 is 0 Å². The van der Waals surface area contributed by atoms with Crippen molar-refractivity contribution in [1.29, 1.82) is 0 Å². The standard InChI is InChI=1S/C15H16FN3OS/c16-10-3-1-9(2-4-10)7-14(20)19-15-18-12-6-5-11(17)8-13(12)21-15/h1-4,11H,5-8,17H2,(H,18,19,20)/t11-/m0/s1. The number of carbonyl (C=O) groups is 1. The monoisotopic (exact) mass is 305 g/mol. The smallest absolute Gasteiger partial charge is 0.230 e. The van der Waals surface area contributed by atoms with Gasteiger partial charge in [-0.3, -0.25) is 4.79 Å². The third kappa shape index (κ3) is 3.46. The third-order valence-electron chi connectivity index (χ3n) is 3.50. The highest BCUT2D eigenvalue weighted by Gasteiger charge is 2.20. The summed E-state index contributed by atoms with van der Waals surface area (Å²) in [6.45, 7) is 0. The maximum atomic E-state index is 12.8. The Morgan fingerprint density at radius 2 is 2.19 bits per heavy atom. The fourth-order valence-corrected chi connectivity index (χ4v) is 3.52. The molecule has 110 valence electrons. The summed E-state index contributed by atoms with van der Waals surface area (Å²) >= 11 is 1.50. The van der Waals surface area contributed by atoms with E-state index in [0.29, 0.717) is 5.13 Å². The predicted octanol–water partition coefficient (Wildman–Crippen LogP) is 2.28. The maximum Gasteiger partial charge on any atom is 0.230 e. The minimum atomic E-state index is -0.303. The molecule has 1 aromatic heterocycles. The van der Waals surface area contributed by atoms with Gasteiger partial charge in [0.1, 0.15) is 5.82 Å². The number of hydrogen-bond acceptors (Lipinski definition) is 4. The molecule has 0 fully saturated rings. The van der Waals surface area contributed by atoms with Gasteiger partial charge in [0.05, 0.1) is 12.1 Å². The Kier molecular flexibility index (Phi) is 3.98. The number of nitrogens with zero attached hydrogens (tertiary/aromatic N) is 1. The van der Waals surface area contributed by atoms with Gasteiger partial charge in [0.25, 0.3) is 0 Å². The van der Waals surface area contributed by atoms with Crippen LogP contribution in [0.4, 0.5) is 9.52 Å². The maximum absolute atomic E-state index is 12.8. The lowest BCUT2D eigenvalue weighted by Gasteiger charge is -2.15. The van der Waals surface area contributed by atoms with Crippen LogP contribution in [0.3, 0.4) is 0 Å². The van der Waals surface area contributed by atoms with Crippen molar-refractivity contribution in [1.82, 2.24) is 4.98 Å². The van der Waals surface area contributed by atoms with Gasteiger partial charge >= 0.3 is 0 Å². The molecule has 0 saturated heterocycles. The van der Waals surface area contributed by atoms with Crippen molar-refractivity contribution in [2.75, 3.05) is 5.32 Å². The molecule has 3 N–H and O–H groups in total. The van der Waals surface area contributed by atoms with Gasteiger partial charge in [-0.15, -0.1) is 11.3 Å². The van der Waals surface area contributed by atoms with E-state index in [1.54, 1.807) is 12.1 Å². The van der Waals surface area contributed by atoms with E-state index in [0.717, 1.165) is 30.5 Å². The normalized spacial score (nSPS) is 17.3. The zero-order valence-electron chi connectivity index (χ0n) is 11.4. The van der Waals surface area contributed by atoms with Crippen molar-refractivity contribution in [2.24, 2.45) is 5.73 Å². The predicted molar refractivity (Wildman–Crippen MR) is 80.8 cm³/mol. The van der Waals surface area contributed by atoms with Gasteiger partial charge in [-0.05, 0) is 37.0 Å². The number of thiazole rings is 1. The summed E-state index contributed by atoms with van der Waals surface area (Å²) in [5.41, 5.74) is 7.77. The Balaban J connectivity index is 1.64. The van der Waals surface area contributed by atoms with E-state index in [1.165, 1.54) is 28.3 Å². The molecule has 0 radical (unpaired) electrons. The number of rotatable bonds is 3. The van der Waals surface area contributed by atoms with Crippen LogP contribution in [-0.2, 0) is 24.1 Å². The molecular weight excluding hydrogens is 289 g/mol. The van der Waals surface area contributed by atoms with Crippen molar-refractivity contribution in [3.05, 3.63) is 46.2 Å². The highest BCUT2D eigenvalue weighted by atomic mass is 32.1. The Morgan fingerprint density at radius 1 is 1.43 bits per heavy atom.